The first kappa shape index (κ1) is 34.0. The molecule has 0 N–H and O–H groups in total. The van der Waals surface area contributed by atoms with Gasteiger partial charge in [-0.15, -0.1) is 13.2 Å². The molecule has 2 fully saturated rings. The molecule has 0 saturated heterocycles. The van der Waals surface area contributed by atoms with E-state index in [2.05, 4.69) is 108 Å². The van der Waals surface area contributed by atoms with Crippen molar-refractivity contribution in [3.05, 3.63) is 25.3 Å². The van der Waals surface area contributed by atoms with Crippen LogP contribution < -0.4 is 0 Å². The van der Waals surface area contributed by atoms with E-state index in [0.717, 1.165) is 35.8 Å². The van der Waals surface area contributed by atoms with Crippen LogP contribution in [0.25, 0.3) is 0 Å². The molecule has 38 heavy (non-hydrogen) atoms. The molecule has 0 amide bonds. The smallest absolute Gasteiger partial charge is 0.201 e. The van der Waals surface area contributed by atoms with Gasteiger partial charge in [0.2, 0.25) is 16.6 Å². The molecule has 222 valence electrons. The van der Waals surface area contributed by atoms with Crippen LogP contribution in [-0.2, 0) is 8.85 Å². The third-order valence-corrected chi connectivity index (χ3v) is 22.9. The molecule has 0 spiro atoms. The molecule has 8 unspecified atom stereocenters. The van der Waals surface area contributed by atoms with Crippen molar-refractivity contribution in [3.63, 3.8) is 0 Å². The van der Waals surface area contributed by atoms with Crippen LogP contribution >= 0.6 is 0 Å². The van der Waals surface area contributed by atoms with Crippen molar-refractivity contribution in [1.29, 1.82) is 0 Å². The topological polar surface area (TPSA) is 18.5 Å². The number of rotatable bonds is 15. The molecule has 2 aliphatic rings. The van der Waals surface area contributed by atoms with Crippen LogP contribution in [0.15, 0.2) is 25.3 Å². The van der Waals surface area contributed by atoms with E-state index in [1.807, 2.05) is 0 Å². The summed E-state index contributed by atoms with van der Waals surface area (Å²) in [5.74, 6) is 4.25. The summed E-state index contributed by atoms with van der Waals surface area (Å²) in [6.07, 6.45) is 10.1. The molecule has 2 saturated carbocycles. The van der Waals surface area contributed by atoms with Crippen molar-refractivity contribution in [2.75, 3.05) is 0 Å². The van der Waals surface area contributed by atoms with Gasteiger partial charge in [0.15, 0.2) is 0 Å². The first-order valence-corrected chi connectivity index (χ1v) is 20.8. The second kappa shape index (κ2) is 14.1. The summed E-state index contributed by atoms with van der Waals surface area (Å²) in [6.45, 7) is 37.5. The zero-order chi connectivity index (χ0) is 29.0. The van der Waals surface area contributed by atoms with Gasteiger partial charge >= 0.3 is 0 Å². The van der Waals surface area contributed by atoms with E-state index in [0.29, 0.717) is 46.2 Å². The summed E-state index contributed by atoms with van der Waals surface area (Å²) in [4.78, 5) is 0. The Labute approximate surface area is 241 Å². The normalized spacial score (nSPS) is 32.7. The quantitative estimate of drug-likeness (QED) is 0.146. The fraction of sp³-hybridized carbons (Fsp3) is 0.882. The van der Waals surface area contributed by atoms with Gasteiger partial charge in [-0.25, -0.2) is 0 Å². The van der Waals surface area contributed by atoms with E-state index in [1.165, 1.54) is 25.7 Å². The minimum atomic E-state index is -1.93. The van der Waals surface area contributed by atoms with Crippen molar-refractivity contribution in [1.82, 2.24) is 0 Å². The first-order valence-electron chi connectivity index (χ1n) is 16.3. The highest BCUT2D eigenvalue weighted by molar-refractivity contribution is 6.77. The predicted molar refractivity (Wildman–Crippen MR) is 174 cm³/mol. The van der Waals surface area contributed by atoms with E-state index < -0.39 is 16.6 Å². The van der Waals surface area contributed by atoms with Crippen molar-refractivity contribution >= 4 is 16.6 Å². The van der Waals surface area contributed by atoms with E-state index >= 15 is 0 Å². The molecule has 2 nitrogen and oxygen atoms in total. The molecule has 0 aromatic rings. The minimum absolute atomic E-state index is 0.408. The maximum absolute atomic E-state index is 7.41. The van der Waals surface area contributed by atoms with Gasteiger partial charge in [-0.2, -0.15) is 0 Å². The third-order valence-electron chi connectivity index (χ3n) is 11.7. The molecule has 2 aliphatic carbocycles. The summed E-state index contributed by atoms with van der Waals surface area (Å²) in [6, 6.07) is 2.14. The minimum Gasteiger partial charge on any atom is -0.413 e. The molecule has 4 heteroatoms. The molecule has 0 radical (unpaired) electrons. The Bertz CT molecular complexity index is 667. The van der Waals surface area contributed by atoms with E-state index in [9.17, 15) is 0 Å². The number of allylic oxidation sites excluding steroid dienone is 2. The Balaban J connectivity index is 2.28. The third kappa shape index (κ3) is 7.00. The second-order valence-corrected chi connectivity index (χ2v) is 24.6. The maximum Gasteiger partial charge on any atom is 0.201 e. The van der Waals surface area contributed by atoms with Gasteiger partial charge in [0.25, 0.3) is 0 Å². The highest BCUT2D eigenvalue weighted by Gasteiger charge is 2.50. The number of hydrogen-bond acceptors (Lipinski definition) is 2. The Morgan fingerprint density at radius 2 is 0.895 bits per heavy atom. The average molecular weight is 563 g/mol. The highest BCUT2D eigenvalue weighted by atomic mass is 28.4. The van der Waals surface area contributed by atoms with Crippen molar-refractivity contribution < 1.29 is 8.85 Å². The highest BCUT2D eigenvalue weighted by Crippen LogP contribution is 2.50. The van der Waals surface area contributed by atoms with Crippen LogP contribution in [0.5, 0.6) is 0 Å². The fourth-order valence-electron chi connectivity index (χ4n) is 8.52. The molecule has 0 bridgehead atoms. The maximum atomic E-state index is 7.41. The van der Waals surface area contributed by atoms with Crippen molar-refractivity contribution in [2.24, 2.45) is 35.5 Å². The molecule has 2 rings (SSSR count). The lowest BCUT2D eigenvalue weighted by Crippen LogP contribution is -2.48. The largest absolute Gasteiger partial charge is 0.413 e. The second-order valence-electron chi connectivity index (χ2n) is 14.9. The van der Waals surface area contributed by atoms with Gasteiger partial charge in [0.05, 0.1) is 0 Å². The van der Waals surface area contributed by atoms with Crippen molar-refractivity contribution in [2.45, 2.75) is 155 Å². The van der Waals surface area contributed by atoms with Gasteiger partial charge in [-0.1, -0.05) is 95.2 Å². The average Bonchev–Trinajstić information content (AvgIpc) is 3.24. The van der Waals surface area contributed by atoms with Gasteiger partial charge < -0.3 is 8.85 Å². The summed E-state index contributed by atoms with van der Waals surface area (Å²) in [5.41, 5.74) is 2.43. The van der Waals surface area contributed by atoms with Crippen LogP contribution in [0.1, 0.15) is 109 Å². The Kier molecular flexibility index (Phi) is 12.7. The van der Waals surface area contributed by atoms with Crippen LogP contribution in [0, 0.1) is 35.5 Å². The lowest BCUT2D eigenvalue weighted by atomic mass is 9.82. The van der Waals surface area contributed by atoms with Crippen molar-refractivity contribution in [3.8, 4) is 0 Å². The lowest BCUT2D eigenvalue weighted by molar-refractivity contribution is 0.0903. The summed E-state index contributed by atoms with van der Waals surface area (Å²) in [5, 5.41) is 0. The number of hydrogen-bond donors (Lipinski definition) is 0. The van der Waals surface area contributed by atoms with Crippen LogP contribution in [0.4, 0.5) is 0 Å². The Hall–Kier alpha value is -0.166. The zero-order valence-corrected chi connectivity index (χ0v) is 29.6. The molecule has 0 aliphatic heterocycles. The van der Waals surface area contributed by atoms with Crippen LogP contribution in [0.3, 0.4) is 0 Å². The van der Waals surface area contributed by atoms with Gasteiger partial charge in [0, 0.05) is 12.2 Å². The summed E-state index contributed by atoms with van der Waals surface area (Å²) < 4.78 is 14.8. The SMILES string of the molecule is C=CC[Si](OC1CC(C)C(C)C1CCC1C(O[Si](CC=C)(C(C)C)C(C)C)CC(C)C1C)(C(C)C)C(C)C. The van der Waals surface area contributed by atoms with Gasteiger partial charge in [-0.3, -0.25) is 0 Å². The monoisotopic (exact) mass is 562 g/mol. The lowest BCUT2D eigenvalue weighted by Gasteiger charge is -2.43. The molecule has 0 aromatic heterocycles. The Morgan fingerprint density at radius 1 is 0.605 bits per heavy atom. The van der Waals surface area contributed by atoms with Crippen LogP contribution in [-0.4, -0.2) is 28.8 Å². The molecular formula is C34H66O2Si2. The van der Waals surface area contributed by atoms with Gasteiger partial charge in [-0.05, 0) is 95.4 Å². The summed E-state index contributed by atoms with van der Waals surface area (Å²) in [7, 11) is -3.86. The molecular weight excluding hydrogens is 497 g/mol. The van der Waals surface area contributed by atoms with Gasteiger partial charge in [0.1, 0.15) is 0 Å². The van der Waals surface area contributed by atoms with E-state index in [-0.39, 0.29) is 0 Å². The Morgan fingerprint density at radius 3 is 1.13 bits per heavy atom. The zero-order valence-electron chi connectivity index (χ0n) is 27.6. The van der Waals surface area contributed by atoms with Crippen LogP contribution in [0.2, 0.25) is 34.3 Å². The standard InChI is InChI=1S/C34H66O2Si2/c1-15-19-37(23(3)4,24(5)6)35-33-21-27(11)29(13)31(33)17-18-32-30(14)28(12)22-34(32)36-38(20-16-2,25(7)8)26(9)10/h15-16,23-34H,1-2,17-22H2,3-14H3. The van der Waals surface area contributed by atoms with E-state index in [1.54, 1.807) is 0 Å². The molecule has 0 aromatic carbocycles. The molecule has 8 atom stereocenters. The molecule has 0 heterocycles. The predicted octanol–water partition coefficient (Wildman–Crippen LogP) is 11.0. The fourth-order valence-corrected chi connectivity index (χ4v) is 16.9. The van der Waals surface area contributed by atoms with E-state index in [4.69, 9.17) is 8.85 Å². The summed E-state index contributed by atoms with van der Waals surface area (Å²) >= 11 is 0. The first-order chi connectivity index (χ1) is 17.7.